The summed E-state index contributed by atoms with van der Waals surface area (Å²) in [5.74, 6) is 0. The van der Waals surface area contributed by atoms with Crippen LogP contribution < -0.4 is 0 Å². The fourth-order valence-corrected chi connectivity index (χ4v) is 1.09. The van der Waals surface area contributed by atoms with Crippen molar-refractivity contribution in [3.63, 3.8) is 0 Å². The third-order valence-electron chi connectivity index (χ3n) is 0.935. The molecule has 0 aromatic heterocycles. The molecule has 0 aromatic rings. The van der Waals surface area contributed by atoms with E-state index in [2.05, 4.69) is 38.8 Å². The molecule has 0 aliphatic rings. The summed E-state index contributed by atoms with van der Waals surface area (Å²) >= 11 is 6.88. The monoisotopic (exact) mass is 241 g/mol. The lowest BCUT2D eigenvalue weighted by Gasteiger charge is -2.01. The SMILES string of the molecule is [CH2]CCCC(Br)CBr. The molecule has 0 heterocycles. The maximum atomic E-state index is 3.76. The van der Waals surface area contributed by atoms with E-state index in [0.717, 1.165) is 11.8 Å². The maximum Gasteiger partial charge on any atom is 0.0242 e. The molecule has 0 saturated heterocycles. The van der Waals surface area contributed by atoms with E-state index in [9.17, 15) is 0 Å². The van der Waals surface area contributed by atoms with Crippen molar-refractivity contribution >= 4 is 31.9 Å². The summed E-state index contributed by atoms with van der Waals surface area (Å²) in [7, 11) is 0. The largest absolute Gasteiger partial charge is 0.0916 e. The zero-order chi connectivity index (χ0) is 6.41. The summed E-state index contributed by atoms with van der Waals surface area (Å²) in [6.07, 6.45) is 3.51. The van der Waals surface area contributed by atoms with Crippen LogP contribution in [0.5, 0.6) is 0 Å². The van der Waals surface area contributed by atoms with Gasteiger partial charge in [0.1, 0.15) is 0 Å². The summed E-state index contributed by atoms with van der Waals surface area (Å²) < 4.78 is 0. The number of unbranched alkanes of at least 4 members (excludes halogenated alkanes) is 1. The molecule has 0 aliphatic heterocycles. The van der Waals surface area contributed by atoms with Crippen molar-refractivity contribution in [3.8, 4) is 0 Å². The second kappa shape index (κ2) is 6.09. The maximum absolute atomic E-state index is 3.76. The van der Waals surface area contributed by atoms with Crippen molar-refractivity contribution in [2.75, 3.05) is 5.33 Å². The van der Waals surface area contributed by atoms with Gasteiger partial charge in [-0.15, -0.1) is 0 Å². The number of hydrogen-bond acceptors (Lipinski definition) is 0. The van der Waals surface area contributed by atoms with Crippen LogP contribution >= 0.6 is 31.9 Å². The molecule has 0 bridgehead atoms. The summed E-state index contributed by atoms with van der Waals surface area (Å²) in [6, 6.07) is 0. The first-order valence-corrected chi connectivity index (χ1v) is 4.84. The molecule has 1 unspecified atom stereocenters. The fourth-order valence-electron chi connectivity index (χ4n) is 0.443. The Kier molecular flexibility index (Phi) is 6.82. The highest BCUT2D eigenvalue weighted by Gasteiger charge is 1.97. The van der Waals surface area contributed by atoms with Crippen molar-refractivity contribution in [2.45, 2.75) is 24.1 Å². The minimum atomic E-state index is 0.643. The zero-order valence-electron chi connectivity index (χ0n) is 4.87. The van der Waals surface area contributed by atoms with Crippen LogP contribution in [0, 0.1) is 6.92 Å². The molecule has 1 radical (unpaired) electrons. The van der Waals surface area contributed by atoms with Crippen molar-refractivity contribution in [1.29, 1.82) is 0 Å². The Balaban J connectivity index is 2.86. The van der Waals surface area contributed by atoms with Crippen LogP contribution in [0.1, 0.15) is 19.3 Å². The first-order valence-electron chi connectivity index (χ1n) is 2.80. The lowest BCUT2D eigenvalue weighted by molar-refractivity contribution is 0.755. The van der Waals surface area contributed by atoms with E-state index < -0.39 is 0 Å². The van der Waals surface area contributed by atoms with Gasteiger partial charge in [-0.3, -0.25) is 0 Å². The van der Waals surface area contributed by atoms with Gasteiger partial charge in [-0.1, -0.05) is 51.6 Å². The highest BCUT2D eigenvalue weighted by molar-refractivity contribution is 9.12. The quantitative estimate of drug-likeness (QED) is 0.665. The van der Waals surface area contributed by atoms with Gasteiger partial charge in [0.15, 0.2) is 0 Å². The van der Waals surface area contributed by atoms with Gasteiger partial charge in [0.05, 0.1) is 0 Å². The Morgan fingerprint density at radius 2 is 2.12 bits per heavy atom. The van der Waals surface area contributed by atoms with Crippen LogP contribution in [0.25, 0.3) is 0 Å². The van der Waals surface area contributed by atoms with E-state index in [-0.39, 0.29) is 0 Å². The highest BCUT2D eigenvalue weighted by atomic mass is 79.9. The second-order valence-corrected chi connectivity index (χ2v) is 3.69. The van der Waals surface area contributed by atoms with Crippen LogP contribution in [0.4, 0.5) is 0 Å². The van der Waals surface area contributed by atoms with Gasteiger partial charge < -0.3 is 0 Å². The number of halogens is 2. The average molecular weight is 243 g/mol. The van der Waals surface area contributed by atoms with Gasteiger partial charge in [0.25, 0.3) is 0 Å². The molecule has 8 heavy (non-hydrogen) atoms. The van der Waals surface area contributed by atoms with Crippen molar-refractivity contribution < 1.29 is 0 Å². The van der Waals surface area contributed by atoms with Crippen LogP contribution in [-0.4, -0.2) is 10.2 Å². The standard InChI is InChI=1S/C6H11Br2/c1-2-3-4-6(8)5-7/h6H,1-5H2. The first-order chi connectivity index (χ1) is 3.81. The lowest BCUT2D eigenvalue weighted by Crippen LogP contribution is -1.96. The van der Waals surface area contributed by atoms with Crippen LogP contribution in [0.3, 0.4) is 0 Å². The molecule has 0 spiro atoms. The third-order valence-corrected chi connectivity index (χ3v) is 3.37. The molecule has 0 N–H and O–H groups in total. The normalized spacial score (nSPS) is 13.9. The lowest BCUT2D eigenvalue weighted by atomic mass is 10.2. The van der Waals surface area contributed by atoms with E-state index in [1.165, 1.54) is 12.8 Å². The van der Waals surface area contributed by atoms with Crippen LogP contribution in [0.2, 0.25) is 0 Å². The minimum absolute atomic E-state index is 0.643. The van der Waals surface area contributed by atoms with E-state index in [0.29, 0.717) is 4.83 Å². The number of rotatable bonds is 4. The minimum Gasteiger partial charge on any atom is -0.0916 e. The Morgan fingerprint density at radius 3 is 2.50 bits per heavy atom. The zero-order valence-corrected chi connectivity index (χ0v) is 8.04. The van der Waals surface area contributed by atoms with Crippen LogP contribution in [0.15, 0.2) is 0 Å². The van der Waals surface area contributed by atoms with Gasteiger partial charge in [-0.2, -0.15) is 0 Å². The molecular formula is C6H11Br2. The fraction of sp³-hybridized carbons (Fsp3) is 0.833. The Hall–Kier alpha value is 0.960. The molecule has 49 valence electrons. The molecule has 2 heteroatoms. The molecule has 0 aliphatic carbocycles. The average Bonchev–Trinajstić information content (AvgIpc) is 1.83. The van der Waals surface area contributed by atoms with E-state index in [1.807, 2.05) is 0 Å². The van der Waals surface area contributed by atoms with Crippen molar-refractivity contribution in [2.24, 2.45) is 0 Å². The topological polar surface area (TPSA) is 0 Å². The summed E-state index contributed by atoms with van der Waals surface area (Å²) in [4.78, 5) is 0.643. The second-order valence-electron chi connectivity index (χ2n) is 1.75. The highest BCUT2D eigenvalue weighted by Crippen LogP contribution is 2.11. The molecule has 0 nitrogen and oxygen atoms in total. The van der Waals surface area contributed by atoms with Crippen molar-refractivity contribution in [3.05, 3.63) is 6.92 Å². The van der Waals surface area contributed by atoms with Gasteiger partial charge in [0.2, 0.25) is 0 Å². The molecule has 0 saturated carbocycles. The summed E-state index contributed by atoms with van der Waals surface area (Å²) in [5.41, 5.74) is 0. The van der Waals surface area contributed by atoms with Gasteiger partial charge in [0, 0.05) is 10.2 Å². The van der Waals surface area contributed by atoms with Gasteiger partial charge >= 0.3 is 0 Å². The molecule has 1 atom stereocenters. The Bertz CT molecular complexity index is 45.8. The molecule has 0 fully saturated rings. The third kappa shape index (κ3) is 5.10. The summed E-state index contributed by atoms with van der Waals surface area (Å²) in [6.45, 7) is 3.76. The van der Waals surface area contributed by atoms with Gasteiger partial charge in [-0.05, 0) is 6.42 Å². The molecule has 0 rings (SSSR count). The van der Waals surface area contributed by atoms with Gasteiger partial charge in [-0.25, -0.2) is 0 Å². The number of alkyl halides is 2. The number of hydrogen-bond donors (Lipinski definition) is 0. The molecule has 0 amide bonds. The Labute approximate surface area is 68.3 Å². The van der Waals surface area contributed by atoms with E-state index in [4.69, 9.17) is 0 Å². The van der Waals surface area contributed by atoms with E-state index >= 15 is 0 Å². The summed E-state index contributed by atoms with van der Waals surface area (Å²) in [5, 5.41) is 1.05. The Morgan fingerprint density at radius 1 is 1.50 bits per heavy atom. The molecular weight excluding hydrogens is 232 g/mol. The predicted molar refractivity (Wildman–Crippen MR) is 45.7 cm³/mol. The predicted octanol–water partition coefficient (Wildman–Crippen LogP) is 3.15. The van der Waals surface area contributed by atoms with Crippen molar-refractivity contribution in [1.82, 2.24) is 0 Å². The van der Waals surface area contributed by atoms with E-state index in [1.54, 1.807) is 0 Å². The smallest absolute Gasteiger partial charge is 0.0242 e. The van der Waals surface area contributed by atoms with Crippen LogP contribution in [-0.2, 0) is 0 Å². The first kappa shape index (κ1) is 8.96. The molecule has 0 aromatic carbocycles.